The van der Waals surface area contributed by atoms with Crippen molar-refractivity contribution in [2.75, 3.05) is 12.4 Å². The number of carbonyl (C=O) groups excluding carboxylic acids is 1. The normalized spacial score (nSPS) is 10.2. The minimum Gasteiger partial charge on any atom is -0.467 e. The first-order valence-corrected chi connectivity index (χ1v) is 6.33. The molecule has 1 aromatic heterocycles. The van der Waals surface area contributed by atoms with Crippen molar-refractivity contribution in [2.24, 2.45) is 0 Å². The molecular weight excluding hydrogens is 254 g/mol. The maximum Gasteiger partial charge on any atom is 0.316 e. The van der Waals surface area contributed by atoms with E-state index in [-0.39, 0.29) is 5.91 Å². The predicted octanol–water partition coefficient (Wildman–Crippen LogP) is 2.28. The summed E-state index contributed by atoms with van der Waals surface area (Å²) >= 11 is 0. The second kappa shape index (κ2) is 6.14. The zero-order valence-corrected chi connectivity index (χ0v) is 11.8. The lowest BCUT2D eigenvalue weighted by atomic mass is 10.1. The Hall–Kier alpha value is -2.43. The third kappa shape index (κ3) is 3.32. The number of hydrogen-bond acceptors (Lipinski definition) is 4. The molecule has 0 fully saturated rings. The first kappa shape index (κ1) is 14.0. The standard InChI is InChI=1S/C15H17N3O2/c1-10-14(11(2)17-15(16-10)20-3)18-13(19)9-12-7-5-4-6-8-12/h4-8H,9H2,1-3H3,(H,18,19). The van der Waals surface area contributed by atoms with E-state index in [0.29, 0.717) is 29.5 Å². The molecule has 2 rings (SSSR count). The van der Waals surface area contributed by atoms with Crippen LogP contribution in [-0.2, 0) is 11.2 Å². The third-order valence-corrected chi connectivity index (χ3v) is 2.90. The average molecular weight is 271 g/mol. The second-order valence-electron chi connectivity index (χ2n) is 4.47. The fourth-order valence-corrected chi connectivity index (χ4v) is 1.92. The lowest BCUT2D eigenvalue weighted by Crippen LogP contribution is -2.17. The van der Waals surface area contributed by atoms with E-state index in [1.165, 1.54) is 7.11 Å². The molecule has 0 spiro atoms. The van der Waals surface area contributed by atoms with Gasteiger partial charge in [0.2, 0.25) is 5.91 Å². The summed E-state index contributed by atoms with van der Waals surface area (Å²) in [5.41, 5.74) is 2.99. The number of carbonyl (C=O) groups is 1. The van der Waals surface area contributed by atoms with Gasteiger partial charge in [0.25, 0.3) is 0 Å². The first-order chi connectivity index (χ1) is 9.60. The average Bonchev–Trinajstić information content (AvgIpc) is 2.43. The van der Waals surface area contributed by atoms with E-state index in [0.717, 1.165) is 5.56 Å². The van der Waals surface area contributed by atoms with Gasteiger partial charge in [-0.1, -0.05) is 30.3 Å². The highest BCUT2D eigenvalue weighted by molar-refractivity contribution is 5.93. The Morgan fingerprint density at radius 1 is 1.15 bits per heavy atom. The van der Waals surface area contributed by atoms with Gasteiger partial charge in [0.1, 0.15) is 0 Å². The van der Waals surface area contributed by atoms with Crippen LogP contribution in [0.3, 0.4) is 0 Å². The monoisotopic (exact) mass is 271 g/mol. The fourth-order valence-electron chi connectivity index (χ4n) is 1.92. The van der Waals surface area contributed by atoms with Crippen LogP contribution in [0.5, 0.6) is 6.01 Å². The number of anilines is 1. The maximum atomic E-state index is 12.0. The van der Waals surface area contributed by atoms with Crippen molar-refractivity contribution in [1.82, 2.24) is 9.97 Å². The Labute approximate surface area is 118 Å². The zero-order chi connectivity index (χ0) is 14.5. The molecule has 1 amide bonds. The van der Waals surface area contributed by atoms with E-state index in [4.69, 9.17) is 4.74 Å². The van der Waals surface area contributed by atoms with Gasteiger partial charge < -0.3 is 10.1 Å². The predicted molar refractivity (Wildman–Crippen MR) is 76.8 cm³/mol. The van der Waals surface area contributed by atoms with Gasteiger partial charge in [0.15, 0.2) is 0 Å². The van der Waals surface area contributed by atoms with Crippen LogP contribution in [0.15, 0.2) is 30.3 Å². The number of benzene rings is 1. The van der Waals surface area contributed by atoms with Crippen molar-refractivity contribution >= 4 is 11.6 Å². The van der Waals surface area contributed by atoms with E-state index < -0.39 is 0 Å². The largest absolute Gasteiger partial charge is 0.467 e. The lowest BCUT2D eigenvalue weighted by molar-refractivity contribution is -0.115. The Kier molecular flexibility index (Phi) is 4.30. The van der Waals surface area contributed by atoms with E-state index in [1.54, 1.807) is 0 Å². The number of rotatable bonds is 4. The van der Waals surface area contributed by atoms with Gasteiger partial charge in [0.05, 0.1) is 30.6 Å². The molecule has 0 atom stereocenters. The molecule has 20 heavy (non-hydrogen) atoms. The topological polar surface area (TPSA) is 64.1 Å². The number of nitrogens with zero attached hydrogens (tertiary/aromatic N) is 2. The first-order valence-electron chi connectivity index (χ1n) is 6.33. The molecule has 0 aliphatic rings. The van der Waals surface area contributed by atoms with Crippen LogP contribution in [0.1, 0.15) is 17.0 Å². The molecule has 0 saturated carbocycles. The molecule has 1 heterocycles. The number of methoxy groups -OCH3 is 1. The Morgan fingerprint density at radius 2 is 1.75 bits per heavy atom. The molecule has 0 unspecified atom stereocenters. The summed E-state index contributed by atoms with van der Waals surface area (Å²) in [5, 5.41) is 2.86. The van der Waals surface area contributed by atoms with E-state index in [1.807, 2.05) is 44.2 Å². The van der Waals surface area contributed by atoms with Crippen LogP contribution in [0.4, 0.5) is 5.69 Å². The van der Waals surface area contributed by atoms with Crippen LogP contribution >= 0.6 is 0 Å². The van der Waals surface area contributed by atoms with Gasteiger partial charge in [-0.3, -0.25) is 4.79 Å². The summed E-state index contributed by atoms with van der Waals surface area (Å²) in [6.07, 6.45) is 0.325. The van der Waals surface area contributed by atoms with E-state index >= 15 is 0 Å². The van der Waals surface area contributed by atoms with Crippen LogP contribution < -0.4 is 10.1 Å². The number of hydrogen-bond donors (Lipinski definition) is 1. The summed E-state index contributed by atoms with van der Waals surface area (Å²) < 4.78 is 5.00. The molecule has 2 aromatic rings. The highest BCUT2D eigenvalue weighted by Crippen LogP contribution is 2.19. The molecule has 5 heteroatoms. The quantitative estimate of drug-likeness (QED) is 0.926. The summed E-state index contributed by atoms with van der Waals surface area (Å²) in [4.78, 5) is 20.4. The van der Waals surface area contributed by atoms with Gasteiger partial charge in [-0.05, 0) is 19.4 Å². The second-order valence-corrected chi connectivity index (χ2v) is 4.47. The molecule has 5 nitrogen and oxygen atoms in total. The minimum atomic E-state index is -0.0869. The molecule has 0 radical (unpaired) electrons. The smallest absolute Gasteiger partial charge is 0.316 e. The third-order valence-electron chi connectivity index (χ3n) is 2.90. The fraction of sp³-hybridized carbons (Fsp3) is 0.267. The van der Waals surface area contributed by atoms with Crippen molar-refractivity contribution in [1.29, 1.82) is 0 Å². The molecule has 0 saturated heterocycles. The van der Waals surface area contributed by atoms with Crippen LogP contribution in [0, 0.1) is 13.8 Å². The van der Waals surface area contributed by atoms with Gasteiger partial charge in [-0.25, -0.2) is 0 Å². The van der Waals surface area contributed by atoms with Crippen molar-refractivity contribution in [3.8, 4) is 6.01 Å². The highest BCUT2D eigenvalue weighted by atomic mass is 16.5. The molecule has 1 aromatic carbocycles. The number of aromatic nitrogens is 2. The molecule has 1 N–H and O–H groups in total. The van der Waals surface area contributed by atoms with Gasteiger partial charge in [0, 0.05) is 0 Å². The molecular formula is C15H17N3O2. The van der Waals surface area contributed by atoms with Crippen molar-refractivity contribution in [3.63, 3.8) is 0 Å². The molecule has 0 aliphatic carbocycles. The van der Waals surface area contributed by atoms with Crippen molar-refractivity contribution < 1.29 is 9.53 Å². The zero-order valence-electron chi connectivity index (χ0n) is 11.8. The lowest BCUT2D eigenvalue weighted by Gasteiger charge is -2.11. The van der Waals surface area contributed by atoms with Crippen LogP contribution in [-0.4, -0.2) is 23.0 Å². The molecule has 0 bridgehead atoms. The van der Waals surface area contributed by atoms with E-state index in [2.05, 4.69) is 15.3 Å². The summed E-state index contributed by atoms with van der Waals surface area (Å²) in [6, 6.07) is 9.90. The van der Waals surface area contributed by atoms with Gasteiger partial charge in [-0.15, -0.1) is 0 Å². The molecule has 104 valence electrons. The number of aryl methyl sites for hydroxylation is 2. The summed E-state index contributed by atoms with van der Waals surface area (Å²) in [7, 11) is 1.52. The van der Waals surface area contributed by atoms with Crippen molar-refractivity contribution in [2.45, 2.75) is 20.3 Å². The Balaban J connectivity index is 2.12. The Bertz CT molecular complexity index is 589. The minimum absolute atomic E-state index is 0.0869. The van der Waals surface area contributed by atoms with Crippen LogP contribution in [0.2, 0.25) is 0 Å². The highest BCUT2D eigenvalue weighted by Gasteiger charge is 2.12. The van der Waals surface area contributed by atoms with Crippen LogP contribution in [0.25, 0.3) is 0 Å². The summed E-state index contributed by atoms with van der Waals surface area (Å²) in [6.45, 7) is 3.63. The summed E-state index contributed by atoms with van der Waals surface area (Å²) in [5.74, 6) is -0.0869. The number of amides is 1. The molecule has 0 aliphatic heterocycles. The number of nitrogens with one attached hydrogen (secondary N) is 1. The van der Waals surface area contributed by atoms with Gasteiger partial charge >= 0.3 is 6.01 Å². The maximum absolute atomic E-state index is 12.0. The Morgan fingerprint density at radius 3 is 2.30 bits per heavy atom. The number of ether oxygens (including phenoxy) is 1. The SMILES string of the molecule is COc1nc(C)c(NC(=O)Cc2ccccc2)c(C)n1. The van der Waals surface area contributed by atoms with E-state index in [9.17, 15) is 4.79 Å². The van der Waals surface area contributed by atoms with Gasteiger partial charge in [-0.2, -0.15) is 9.97 Å². The van der Waals surface area contributed by atoms with Crippen molar-refractivity contribution in [3.05, 3.63) is 47.3 Å².